The molecule has 17 nitrogen and oxygen atoms in total. The highest BCUT2D eigenvalue weighted by atomic mass is 31.2. The topological polar surface area (TPSA) is 237 Å². The first kappa shape index (κ1) is 103. The molecular formula is C86H168O17P2. The molecule has 0 bridgehead atoms. The Kier molecular flexibility index (Phi) is 77.3. The van der Waals surface area contributed by atoms with E-state index in [1.807, 2.05) is 0 Å². The molecule has 0 aromatic heterocycles. The minimum absolute atomic E-state index is 0.108. The summed E-state index contributed by atoms with van der Waals surface area (Å²) in [5.74, 6) is -1.25. The predicted octanol–water partition coefficient (Wildman–Crippen LogP) is 26.4. The van der Waals surface area contributed by atoms with Crippen LogP contribution in [-0.2, 0) is 65.4 Å². The summed E-state index contributed by atoms with van der Waals surface area (Å²) in [6, 6.07) is 0. The van der Waals surface area contributed by atoms with Crippen LogP contribution in [0.5, 0.6) is 0 Å². The number of phosphoric ester groups is 2. The summed E-state index contributed by atoms with van der Waals surface area (Å²) in [7, 11) is -9.92. The first-order valence-corrected chi connectivity index (χ1v) is 47.7. The zero-order valence-electron chi connectivity index (χ0n) is 68.9. The first-order valence-electron chi connectivity index (χ1n) is 44.7. The molecule has 19 heteroatoms. The van der Waals surface area contributed by atoms with Crippen LogP contribution < -0.4 is 0 Å². The molecule has 0 radical (unpaired) electrons. The molecule has 0 aromatic carbocycles. The van der Waals surface area contributed by atoms with Crippen molar-refractivity contribution in [3.05, 3.63) is 0 Å². The maximum atomic E-state index is 13.1. The van der Waals surface area contributed by atoms with Gasteiger partial charge in [-0.05, 0) is 31.6 Å². The second kappa shape index (κ2) is 78.7. The summed E-state index contributed by atoms with van der Waals surface area (Å²) in [4.78, 5) is 73.2. The first-order chi connectivity index (χ1) is 51.1. The van der Waals surface area contributed by atoms with Gasteiger partial charge in [-0.1, -0.05) is 413 Å². The van der Waals surface area contributed by atoms with E-state index in [1.165, 1.54) is 289 Å². The summed E-state index contributed by atoms with van der Waals surface area (Å²) in [5.41, 5.74) is 0. The smallest absolute Gasteiger partial charge is 0.462 e. The number of unbranched alkanes of at least 4 members (excludes halogenated alkanes) is 57. The van der Waals surface area contributed by atoms with Crippen molar-refractivity contribution in [3.63, 3.8) is 0 Å². The third kappa shape index (κ3) is 78.5. The molecule has 3 unspecified atom stereocenters. The van der Waals surface area contributed by atoms with E-state index in [9.17, 15) is 43.2 Å². The molecule has 0 saturated heterocycles. The standard InChI is InChI=1S/C86H168O17P2/c1-6-10-13-16-19-22-24-26-28-30-32-34-36-41-45-50-55-60-65-70-84(89)97-76-82(103-86(91)71-66-61-56-51-46-42-37-35-33-31-29-27-25-23-20-17-14-11-7-2)78-101-105(94,95)99-74-80(87)73-98-104(92,93)100-77-81(75-96-83(88)69-64-59-54-48-21-18-15-12-8-3)102-85(90)72-67-62-57-52-47-43-39-38-40-44-49-53-58-63-68-79(5)9-4/h79-82,87H,6-78H2,1-5H3,(H,92,93)(H,94,95)/t79?,80-,81+,82+/m0/s1. The van der Waals surface area contributed by atoms with Crippen molar-refractivity contribution in [3.8, 4) is 0 Å². The van der Waals surface area contributed by atoms with Crippen molar-refractivity contribution < 1.29 is 80.2 Å². The minimum Gasteiger partial charge on any atom is -0.462 e. The Hall–Kier alpha value is -1.94. The van der Waals surface area contributed by atoms with Crippen LogP contribution in [0.4, 0.5) is 0 Å². The molecule has 0 heterocycles. The van der Waals surface area contributed by atoms with Gasteiger partial charge in [0, 0.05) is 25.7 Å². The Labute approximate surface area is 645 Å². The molecule has 0 aliphatic heterocycles. The SMILES string of the molecule is CCCCCCCCCCCCCCCCCCCCCC(=O)OC[C@H](COP(=O)(O)OC[C@@H](O)COP(=O)(O)OC[C@@H](COC(=O)CCCCCCCCCCC)OC(=O)CCCCCCCCCCCCCCCCC(C)CC)OC(=O)CCCCCCCCCCCCCCCCCCCCC. The number of hydrogen-bond acceptors (Lipinski definition) is 15. The predicted molar refractivity (Wildman–Crippen MR) is 432 cm³/mol. The average Bonchev–Trinajstić information content (AvgIpc) is 1.22. The summed E-state index contributed by atoms with van der Waals surface area (Å²) in [6.07, 6.45) is 72.2. The average molecular weight is 1540 g/mol. The number of ether oxygens (including phenoxy) is 4. The quantitative estimate of drug-likeness (QED) is 0.0222. The Morgan fingerprint density at radius 1 is 0.267 bits per heavy atom. The van der Waals surface area contributed by atoms with E-state index in [1.54, 1.807) is 0 Å². The Morgan fingerprint density at radius 2 is 0.457 bits per heavy atom. The van der Waals surface area contributed by atoms with Gasteiger partial charge in [-0.15, -0.1) is 0 Å². The third-order valence-electron chi connectivity index (χ3n) is 20.6. The molecular weight excluding hydrogens is 1370 g/mol. The number of carbonyl (C=O) groups is 4. The summed E-state index contributed by atoms with van der Waals surface area (Å²) < 4.78 is 68.9. The molecule has 0 aliphatic rings. The molecule has 0 amide bonds. The van der Waals surface area contributed by atoms with Gasteiger partial charge < -0.3 is 33.8 Å². The lowest BCUT2D eigenvalue weighted by atomic mass is 9.99. The highest BCUT2D eigenvalue weighted by Crippen LogP contribution is 2.45. The zero-order chi connectivity index (χ0) is 76.9. The van der Waals surface area contributed by atoms with E-state index in [0.717, 1.165) is 95.8 Å². The van der Waals surface area contributed by atoms with Crippen LogP contribution in [0, 0.1) is 5.92 Å². The molecule has 0 aliphatic carbocycles. The van der Waals surface area contributed by atoms with Gasteiger partial charge in [-0.25, -0.2) is 9.13 Å². The van der Waals surface area contributed by atoms with Crippen molar-refractivity contribution in [1.82, 2.24) is 0 Å². The van der Waals surface area contributed by atoms with E-state index in [-0.39, 0.29) is 25.7 Å². The normalized spacial score (nSPS) is 14.0. The molecule has 0 fully saturated rings. The van der Waals surface area contributed by atoms with Crippen LogP contribution in [0.25, 0.3) is 0 Å². The molecule has 6 atom stereocenters. The molecule has 0 saturated carbocycles. The van der Waals surface area contributed by atoms with Crippen LogP contribution in [0.15, 0.2) is 0 Å². The summed E-state index contributed by atoms with van der Waals surface area (Å²) in [5, 5.41) is 10.7. The van der Waals surface area contributed by atoms with Gasteiger partial charge in [0.05, 0.1) is 26.4 Å². The van der Waals surface area contributed by atoms with E-state index in [2.05, 4.69) is 34.6 Å². The highest BCUT2D eigenvalue weighted by molar-refractivity contribution is 7.47. The van der Waals surface area contributed by atoms with Gasteiger partial charge in [-0.3, -0.25) is 37.3 Å². The van der Waals surface area contributed by atoms with Gasteiger partial charge in [0.1, 0.15) is 19.3 Å². The number of aliphatic hydroxyl groups excluding tert-OH is 1. The van der Waals surface area contributed by atoms with Gasteiger partial charge in [0.2, 0.25) is 0 Å². The van der Waals surface area contributed by atoms with Gasteiger partial charge in [0.15, 0.2) is 12.2 Å². The number of carbonyl (C=O) groups excluding carboxylic acids is 4. The van der Waals surface area contributed by atoms with Crippen molar-refractivity contribution in [2.24, 2.45) is 5.92 Å². The lowest BCUT2D eigenvalue weighted by molar-refractivity contribution is -0.161. The Bertz CT molecular complexity index is 2000. The molecule has 0 aromatic rings. The number of hydrogen-bond donors (Lipinski definition) is 3. The second-order valence-electron chi connectivity index (χ2n) is 31.2. The number of esters is 4. The van der Waals surface area contributed by atoms with Crippen molar-refractivity contribution >= 4 is 39.5 Å². The van der Waals surface area contributed by atoms with Crippen LogP contribution >= 0.6 is 15.6 Å². The minimum atomic E-state index is -4.96. The van der Waals surface area contributed by atoms with Gasteiger partial charge >= 0.3 is 39.5 Å². The maximum absolute atomic E-state index is 13.1. The van der Waals surface area contributed by atoms with Crippen LogP contribution in [0.2, 0.25) is 0 Å². The largest absolute Gasteiger partial charge is 0.472 e. The lowest BCUT2D eigenvalue weighted by Crippen LogP contribution is -2.30. The Balaban J connectivity index is 5.21. The fourth-order valence-corrected chi connectivity index (χ4v) is 15.0. The second-order valence-corrected chi connectivity index (χ2v) is 34.1. The number of aliphatic hydroxyl groups is 1. The molecule has 0 spiro atoms. The third-order valence-corrected chi connectivity index (χ3v) is 22.5. The monoisotopic (exact) mass is 1540 g/mol. The maximum Gasteiger partial charge on any atom is 0.472 e. The van der Waals surface area contributed by atoms with Crippen LogP contribution in [-0.4, -0.2) is 96.7 Å². The van der Waals surface area contributed by atoms with Crippen LogP contribution in [0.3, 0.4) is 0 Å². The van der Waals surface area contributed by atoms with E-state index >= 15 is 0 Å². The Morgan fingerprint density at radius 3 is 0.676 bits per heavy atom. The van der Waals surface area contributed by atoms with E-state index in [4.69, 9.17) is 37.0 Å². The lowest BCUT2D eigenvalue weighted by Gasteiger charge is -2.21. The fourth-order valence-electron chi connectivity index (χ4n) is 13.4. The fraction of sp³-hybridized carbons (Fsp3) is 0.953. The van der Waals surface area contributed by atoms with Gasteiger partial charge in [0.25, 0.3) is 0 Å². The summed E-state index contributed by atoms with van der Waals surface area (Å²) in [6.45, 7) is 7.40. The van der Waals surface area contributed by atoms with E-state index in [0.29, 0.717) is 25.7 Å². The molecule has 624 valence electrons. The molecule has 3 N–H and O–H groups in total. The van der Waals surface area contributed by atoms with Crippen molar-refractivity contribution in [2.75, 3.05) is 39.6 Å². The van der Waals surface area contributed by atoms with Crippen molar-refractivity contribution in [2.45, 2.75) is 483 Å². The van der Waals surface area contributed by atoms with Crippen molar-refractivity contribution in [1.29, 1.82) is 0 Å². The van der Waals surface area contributed by atoms with E-state index < -0.39 is 97.5 Å². The zero-order valence-corrected chi connectivity index (χ0v) is 70.7. The summed E-state index contributed by atoms with van der Waals surface area (Å²) >= 11 is 0. The van der Waals surface area contributed by atoms with Gasteiger partial charge in [-0.2, -0.15) is 0 Å². The number of phosphoric acid groups is 2. The van der Waals surface area contributed by atoms with Crippen LogP contribution in [0.1, 0.15) is 465 Å². The molecule has 0 rings (SSSR count). The number of rotatable bonds is 86. The highest BCUT2D eigenvalue weighted by Gasteiger charge is 2.30. The molecule has 105 heavy (non-hydrogen) atoms.